The Morgan fingerprint density at radius 3 is 2.53 bits per heavy atom. The van der Waals surface area contributed by atoms with E-state index in [0.717, 1.165) is 12.2 Å². The standard InChI is InChI=1S/C15H24O2/c1-3-7-13(2)12-17-11-10-15(16)14-8-5-4-6-9-14/h4-6,8-9,13,15-16H,3,7,10-12H2,1-2H3. The smallest absolute Gasteiger partial charge is 0.0812 e. The van der Waals surface area contributed by atoms with E-state index in [0.29, 0.717) is 18.9 Å². The topological polar surface area (TPSA) is 29.5 Å². The van der Waals surface area contributed by atoms with Crippen LogP contribution in [0.15, 0.2) is 30.3 Å². The molecule has 0 amide bonds. The first kappa shape index (κ1) is 14.2. The number of aliphatic hydroxyl groups is 1. The SMILES string of the molecule is CCCC(C)COCCC(O)c1ccccc1. The third-order valence-electron chi connectivity index (χ3n) is 2.90. The van der Waals surface area contributed by atoms with Crippen molar-refractivity contribution >= 4 is 0 Å². The zero-order chi connectivity index (χ0) is 12.5. The van der Waals surface area contributed by atoms with Crippen LogP contribution < -0.4 is 0 Å². The summed E-state index contributed by atoms with van der Waals surface area (Å²) in [5.74, 6) is 0.619. The van der Waals surface area contributed by atoms with Crippen molar-refractivity contribution in [3.63, 3.8) is 0 Å². The number of ether oxygens (including phenoxy) is 1. The summed E-state index contributed by atoms with van der Waals surface area (Å²) in [6, 6.07) is 9.75. The second-order valence-corrected chi connectivity index (χ2v) is 4.68. The Bertz CT molecular complexity index is 284. The van der Waals surface area contributed by atoms with E-state index in [1.54, 1.807) is 0 Å². The molecule has 0 aliphatic carbocycles. The minimum Gasteiger partial charge on any atom is -0.388 e. The molecule has 0 fully saturated rings. The summed E-state index contributed by atoms with van der Waals surface area (Å²) >= 11 is 0. The molecular weight excluding hydrogens is 212 g/mol. The second-order valence-electron chi connectivity index (χ2n) is 4.68. The molecule has 0 saturated heterocycles. The van der Waals surface area contributed by atoms with Gasteiger partial charge in [-0.15, -0.1) is 0 Å². The summed E-state index contributed by atoms with van der Waals surface area (Å²) in [5.41, 5.74) is 0.970. The van der Waals surface area contributed by atoms with Crippen LogP contribution in [0.5, 0.6) is 0 Å². The molecule has 2 atom stereocenters. The zero-order valence-corrected chi connectivity index (χ0v) is 10.9. The zero-order valence-electron chi connectivity index (χ0n) is 10.9. The van der Waals surface area contributed by atoms with Gasteiger partial charge in [0.15, 0.2) is 0 Å². The molecule has 0 aromatic heterocycles. The van der Waals surface area contributed by atoms with E-state index in [1.807, 2.05) is 30.3 Å². The molecule has 0 bridgehead atoms. The van der Waals surface area contributed by atoms with Crippen molar-refractivity contribution in [1.82, 2.24) is 0 Å². The average molecular weight is 236 g/mol. The molecule has 96 valence electrons. The van der Waals surface area contributed by atoms with Crippen molar-refractivity contribution in [3.05, 3.63) is 35.9 Å². The Morgan fingerprint density at radius 2 is 1.88 bits per heavy atom. The predicted octanol–water partition coefficient (Wildman–Crippen LogP) is 3.56. The molecule has 0 heterocycles. The molecule has 17 heavy (non-hydrogen) atoms. The summed E-state index contributed by atoms with van der Waals surface area (Å²) in [6.07, 6.45) is 2.68. The van der Waals surface area contributed by atoms with Gasteiger partial charge in [0.1, 0.15) is 0 Å². The van der Waals surface area contributed by atoms with Crippen LogP contribution in [-0.2, 0) is 4.74 Å². The molecular formula is C15H24O2. The van der Waals surface area contributed by atoms with Crippen LogP contribution in [0.4, 0.5) is 0 Å². The van der Waals surface area contributed by atoms with E-state index >= 15 is 0 Å². The van der Waals surface area contributed by atoms with E-state index in [1.165, 1.54) is 12.8 Å². The minimum absolute atomic E-state index is 0.405. The maximum Gasteiger partial charge on any atom is 0.0812 e. The lowest BCUT2D eigenvalue weighted by atomic mass is 10.1. The molecule has 1 rings (SSSR count). The third kappa shape index (κ3) is 5.85. The lowest BCUT2D eigenvalue weighted by Gasteiger charge is -2.13. The third-order valence-corrected chi connectivity index (χ3v) is 2.90. The number of benzene rings is 1. The van der Waals surface area contributed by atoms with Gasteiger partial charge in [-0.2, -0.15) is 0 Å². The van der Waals surface area contributed by atoms with E-state index < -0.39 is 6.10 Å². The van der Waals surface area contributed by atoms with Crippen LogP contribution in [0.3, 0.4) is 0 Å². The van der Waals surface area contributed by atoms with Gasteiger partial charge in [-0.3, -0.25) is 0 Å². The van der Waals surface area contributed by atoms with E-state index in [9.17, 15) is 5.11 Å². The van der Waals surface area contributed by atoms with Crippen LogP contribution >= 0.6 is 0 Å². The second kappa shape index (κ2) is 8.26. The Hall–Kier alpha value is -0.860. The van der Waals surface area contributed by atoms with Gasteiger partial charge >= 0.3 is 0 Å². The minimum atomic E-state index is -0.405. The normalized spacial score (nSPS) is 14.5. The molecule has 1 N–H and O–H groups in total. The number of hydrogen-bond acceptors (Lipinski definition) is 2. The highest BCUT2D eigenvalue weighted by atomic mass is 16.5. The Balaban J connectivity index is 2.14. The van der Waals surface area contributed by atoms with Crippen LogP contribution in [-0.4, -0.2) is 18.3 Å². The Labute approximate surface area is 105 Å². The summed E-state index contributed by atoms with van der Waals surface area (Å²) < 4.78 is 5.58. The van der Waals surface area contributed by atoms with E-state index in [-0.39, 0.29) is 0 Å². The largest absolute Gasteiger partial charge is 0.388 e. The van der Waals surface area contributed by atoms with Gasteiger partial charge in [0.25, 0.3) is 0 Å². The first-order chi connectivity index (χ1) is 8.24. The number of hydrogen-bond donors (Lipinski definition) is 1. The van der Waals surface area contributed by atoms with Crippen molar-refractivity contribution < 1.29 is 9.84 Å². The lowest BCUT2D eigenvalue weighted by Crippen LogP contribution is -2.09. The van der Waals surface area contributed by atoms with E-state index in [4.69, 9.17) is 4.74 Å². The first-order valence-electron chi connectivity index (χ1n) is 6.54. The van der Waals surface area contributed by atoms with Crippen LogP contribution in [0, 0.1) is 5.92 Å². The van der Waals surface area contributed by atoms with Crippen molar-refractivity contribution in [1.29, 1.82) is 0 Å². The molecule has 2 unspecified atom stereocenters. The molecule has 0 radical (unpaired) electrons. The van der Waals surface area contributed by atoms with Crippen molar-refractivity contribution in [2.24, 2.45) is 5.92 Å². The number of rotatable bonds is 8. The maximum atomic E-state index is 9.91. The summed E-state index contributed by atoms with van der Waals surface area (Å²) in [4.78, 5) is 0. The Kier molecular flexibility index (Phi) is 6.90. The monoisotopic (exact) mass is 236 g/mol. The van der Waals surface area contributed by atoms with Gasteiger partial charge in [0.2, 0.25) is 0 Å². The fraction of sp³-hybridized carbons (Fsp3) is 0.600. The molecule has 0 saturated carbocycles. The molecule has 1 aromatic rings. The maximum absolute atomic E-state index is 9.91. The van der Waals surface area contributed by atoms with Gasteiger partial charge in [0.05, 0.1) is 6.10 Å². The summed E-state index contributed by atoms with van der Waals surface area (Å²) in [6.45, 7) is 5.83. The molecule has 0 spiro atoms. The molecule has 0 aliphatic heterocycles. The van der Waals surface area contributed by atoms with Crippen LogP contribution in [0.2, 0.25) is 0 Å². The fourth-order valence-electron chi connectivity index (χ4n) is 1.90. The predicted molar refractivity (Wildman–Crippen MR) is 70.9 cm³/mol. The van der Waals surface area contributed by atoms with Gasteiger partial charge < -0.3 is 9.84 Å². The lowest BCUT2D eigenvalue weighted by molar-refractivity contribution is 0.0639. The Morgan fingerprint density at radius 1 is 1.18 bits per heavy atom. The van der Waals surface area contributed by atoms with Crippen LogP contribution in [0.25, 0.3) is 0 Å². The van der Waals surface area contributed by atoms with Crippen LogP contribution in [0.1, 0.15) is 44.8 Å². The fourth-order valence-corrected chi connectivity index (χ4v) is 1.90. The number of aliphatic hydroxyl groups excluding tert-OH is 1. The van der Waals surface area contributed by atoms with Crippen molar-refractivity contribution in [2.75, 3.05) is 13.2 Å². The quantitative estimate of drug-likeness (QED) is 0.699. The van der Waals surface area contributed by atoms with Gasteiger partial charge in [-0.05, 0) is 17.9 Å². The molecule has 2 nitrogen and oxygen atoms in total. The van der Waals surface area contributed by atoms with E-state index in [2.05, 4.69) is 13.8 Å². The highest BCUT2D eigenvalue weighted by Crippen LogP contribution is 2.16. The summed E-state index contributed by atoms with van der Waals surface area (Å²) in [5, 5.41) is 9.91. The highest BCUT2D eigenvalue weighted by molar-refractivity contribution is 5.16. The summed E-state index contributed by atoms with van der Waals surface area (Å²) in [7, 11) is 0. The molecule has 1 aromatic carbocycles. The van der Waals surface area contributed by atoms with Gasteiger partial charge in [0, 0.05) is 19.6 Å². The molecule has 2 heteroatoms. The van der Waals surface area contributed by atoms with Gasteiger partial charge in [-0.1, -0.05) is 50.6 Å². The van der Waals surface area contributed by atoms with Crippen molar-refractivity contribution in [2.45, 2.75) is 39.2 Å². The van der Waals surface area contributed by atoms with Crippen molar-refractivity contribution in [3.8, 4) is 0 Å². The first-order valence-corrected chi connectivity index (χ1v) is 6.54. The molecule has 0 aliphatic rings. The highest BCUT2D eigenvalue weighted by Gasteiger charge is 2.07. The van der Waals surface area contributed by atoms with Gasteiger partial charge in [-0.25, -0.2) is 0 Å². The average Bonchev–Trinajstić information content (AvgIpc) is 2.36.